The number of halogens is 2. The normalized spacial score (nSPS) is 13.0. The van der Waals surface area contributed by atoms with Crippen molar-refractivity contribution in [2.75, 3.05) is 7.11 Å². The zero-order valence-electron chi connectivity index (χ0n) is 9.05. The summed E-state index contributed by atoms with van der Waals surface area (Å²) in [6.07, 6.45) is -2.54. The van der Waals surface area contributed by atoms with Gasteiger partial charge in [0.2, 0.25) is 0 Å². The Morgan fingerprint density at radius 3 is 2.00 bits per heavy atom. The number of hydrogen-bond acceptors (Lipinski definition) is 2. The Kier molecular flexibility index (Phi) is 3.63. The summed E-state index contributed by atoms with van der Waals surface area (Å²) in [5, 5.41) is 0. The van der Waals surface area contributed by atoms with Crippen LogP contribution in [-0.4, -0.2) is 13.5 Å². The molecule has 0 saturated carbocycles. The molecule has 0 spiro atoms. The van der Waals surface area contributed by atoms with Crippen LogP contribution in [0.5, 0.6) is 5.75 Å². The van der Waals surface area contributed by atoms with Crippen LogP contribution in [0.2, 0.25) is 0 Å². The van der Waals surface area contributed by atoms with Gasteiger partial charge in [-0.05, 0) is 30.5 Å². The van der Waals surface area contributed by atoms with Crippen molar-refractivity contribution in [1.82, 2.24) is 0 Å². The maximum atomic E-state index is 12.4. The van der Waals surface area contributed by atoms with Crippen molar-refractivity contribution in [1.29, 1.82) is 0 Å². The van der Waals surface area contributed by atoms with Gasteiger partial charge in [0, 0.05) is 0 Å². The molecule has 0 aromatic heterocycles. The highest BCUT2D eigenvalue weighted by Gasteiger charge is 2.19. The van der Waals surface area contributed by atoms with Crippen LogP contribution in [0, 0.1) is 13.8 Å². The maximum Gasteiger partial charge on any atom is 0.257 e. The number of rotatable bonds is 3. The fraction of sp³-hybridized carbons (Fsp3) is 0.455. The van der Waals surface area contributed by atoms with Crippen LogP contribution in [0.25, 0.3) is 0 Å². The van der Waals surface area contributed by atoms with Crippen molar-refractivity contribution in [3.63, 3.8) is 0 Å². The molecule has 84 valence electrons. The first-order valence-corrected chi connectivity index (χ1v) is 4.66. The standard InChI is InChI=1S/C11H15F2NO/c1-6-4-8(9(14)11(12)13)5-7(2)10(6)15-3/h4-5,9,11H,14H2,1-3H3. The van der Waals surface area contributed by atoms with Gasteiger partial charge in [-0.1, -0.05) is 12.1 Å². The van der Waals surface area contributed by atoms with Crippen LogP contribution >= 0.6 is 0 Å². The van der Waals surface area contributed by atoms with Gasteiger partial charge in [0.1, 0.15) is 5.75 Å². The van der Waals surface area contributed by atoms with Crippen molar-refractivity contribution in [2.24, 2.45) is 5.73 Å². The third-order valence-corrected chi connectivity index (χ3v) is 2.34. The molecule has 0 aliphatic carbocycles. The van der Waals surface area contributed by atoms with E-state index >= 15 is 0 Å². The van der Waals surface area contributed by atoms with Gasteiger partial charge in [-0.3, -0.25) is 0 Å². The second-order valence-electron chi connectivity index (χ2n) is 3.55. The molecule has 0 heterocycles. The van der Waals surface area contributed by atoms with Gasteiger partial charge in [0.15, 0.2) is 0 Å². The predicted octanol–water partition coefficient (Wildman–Crippen LogP) is 2.58. The molecule has 0 fully saturated rings. The Labute approximate surface area is 88.0 Å². The van der Waals surface area contributed by atoms with E-state index in [1.807, 2.05) is 13.8 Å². The van der Waals surface area contributed by atoms with Crippen molar-refractivity contribution in [3.05, 3.63) is 28.8 Å². The smallest absolute Gasteiger partial charge is 0.257 e. The molecule has 0 aliphatic heterocycles. The summed E-state index contributed by atoms with van der Waals surface area (Å²) in [5.74, 6) is 0.722. The molecule has 0 saturated heterocycles. The van der Waals surface area contributed by atoms with E-state index in [0.717, 1.165) is 16.9 Å². The monoisotopic (exact) mass is 215 g/mol. The van der Waals surface area contributed by atoms with Gasteiger partial charge in [-0.15, -0.1) is 0 Å². The van der Waals surface area contributed by atoms with Crippen LogP contribution in [0.1, 0.15) is 22.7 Å². The van der Waals surface area contributed by atoms with Gasteiger partial charge in [0.05, 0.1) is 13.2 Å². The van der Waals surface area contributed by atoms with E-state index in [4.69, 9.17) is 10.5 Å². The highest BCUT2D eigenvalue weighted by atomic mass is 19.3. The van der Waals surface area contributed by atoms with Crippen LogP contribution in [-0.2, 0) is 0 Å². The van der Waals surface area contributed by atoms with Crippen molar-refractivity contribution >= 4 is 0 Å². The third-order valence-electron chi connectivity index (χ3n) is 2.34. The lowest BCUT2D eigenvalue weighted by molar-refractivity contribution is 0.116. The summed E-state index contributed by atoms with van der Waals surface area (Å²) >= 11 is 0. The Balaban J connectivity index is 3.14. The highest BCUT2D eigenvalue weighted by molar-refractivity contribution is 5.44. The summed E-state index contributed by atoms with van der Waals surface area (Å²) in [5.41, 5.74) is 7.47. The number of nitrogens with two attached hydrogens (primary N) is 1. The molecular formula is C11H15F2NO. The molecule has 1 aromatic carbocycles. The largest absolute Gasteiger partial charge is 0.496 e. The van der Waals surface area contributed by atoms with E-state index in [-0.39, 0.29) is 0 Å². The van der Waals surface area contributed by atoms with Crippen molar-refractivity contribution < 1.29 is 13.5 Å². The van der Waals surface area contributed by atoms with Crippen LogP contribution in [0.15, 0.2) is 12.1 Å². The second kappa shape index (κ2) is 4.57. The number of ether oxygens (including phenoxy) is 1. The lowest BCUT2D eigenvalue weighted by Crippen LogP contribution is -2.19. The van der Waals surface area contributed by atoms with Gasteiger partial charge < -0.3 is 10.5 Å². The highest BCUT2D eigenvalue weighted by Crippen LogP contribution is 2.28. The van der Waals surface area contributed by atoms with E-state index in [2.05, 4.69) is 0 Å². The summed E-state index contributed by atoms with van der Waals surface area (Å²) in [6, 6.07) is 2.05. The van der Waals surface area contributed by atoms with Crippen molar-refractivity contribution in [2.45, 2.75) is 26.3 Å². The van der Waals surface area contributed by atoms with Crippen LogP contribution in [0.4, 0.5) is 8.78 Å². The lowest BCUT2D eigenvalue weighted by Gasteiger charge is -2.15. The number of alkyl halides is 2. The van der Waals surface area contributed by atoms with E-state index < -0.39 is 12.5 Å². The SMILES string of the molecule is COc1c(C)cc(C(N)C(F)F)cc1C. The number of aryl methyl sites for hydroxylation is 2. The van der Waals surface area contributed by atoms with Crippen LogP contribution < -0.4 is 10.5 Å². The van der Waals surface area contributed by atoms with E-state index in [1.54, 1.807) is 19.2 Å². The van der Waals surface area contributed by atoms with Gasteiger partial charge in [0.25, 0.3) is 6.43 Å². The minimum absolute atomic E-state index is 0.445. The first-order valence-electron chi connectivity index (χ1n) is 4.66. The fourth-order valence-electron chi connectivity index (χ4n) is 1.64. The minimum atomic E-state index is -2.54. The molecule has 0 bridgehead atoms. The molecule has 1 aromatic rings. The molecule has 1 atom stereocenters. The van der Waals surface area contributed by atoms with E-state index in [1.165, 1.54) is 0 Å². The van der Waals surface area contributed by atoms with E-state index in [9.17, 15) is 8.78 Å². The van der Waals surface area contributed by atoms with Crippen LogP contribution in [0.3, 0.4) is 0 Å². The maximum absolute atomic E-state index is 12.4. The van der Waals surface area contributed by atoms with E-state index in [0.29, 0.717) is 5.56 Å². The Morgan fingerprint density at radius 1 is 1.20 bits per heavy atom. The Hall–Kier alpha value is -1.16. The van der Waals surface area contributed by atoms with Gasteiger partial charge >= 0.3 is 0 Å². The summed E-state index contributed by atoms with van der Waals surface area (Å²) in [4.78, 5) is 0. The molecule has 2 N–H and O–H groups in total. The zero-order chi connectivity index (χ0) is 11.6. The van der Waals surface area contributed by atoms with Crippen molar-refractivity contribution in [3.8, 4) is 5.75 Å². The lowest BCUT2D eigenvalue weighted by atomic mass is 10.0. The predicted molar refractivity (Wildman–Crippen MR) is 55.4 cm³/mol. The third kappa shape index (κ3) is 2.45. The Bertz CT molecular complexity index is 329. The topological polar surface area (TPSA) is 35.2 Å². The quantitative estimate of drug-likeness (QED) is 0.841. The fourth-order valence-corrected chi connectivity index (χ4v) is 1.64. The molecule has 0 radical (unpaired) electrons. The molecule has 4 heteroatoms. The summed E-state index contributed by atoms with van der Waals surface area (Å²) in [7, 11) is 1.56. The number of hydrogen-bond donors (Lipinski definition) is 1. The zero-order valence-corrected chi connectivity index (χ0v) is 9.05. The molecule has 0 amide bonds. The molecule has 15 heavy (non-hydrogen) atoms. The molecule has 1 unspecified atom stereocenters. The number of methoxy groups -OCH3 is 1. The molecule has 1 rings (SSSR count). The minimum Gasteiger partial charge on any atom is -0.496 e. The van der Waals surface area contributed by atoms with Gasteiger partial charge in [-0.25, -0.2) is 8.78 Å². The van der Waals surface area contributed by atoms with Gasteiger partial charge in [-0.2, -0.15) is 0 Å². The first kappa shape index (κ1) is 11.9. The molecular weight excluding hydrogens is 200 g/mol. The summed E-state index contributed by atoms with van der Waals surface area (Å²) < 4.78 is 29.9. The first-order chi connectivity index (χ1) is 6.97. The average Bonchev–Trinajstić information content (AvgIpc) is 2.15. The summed E-state index contributed by atoms with van der Waals surface area (Å²) in [6.45, 7) is 3.63. The molecule has 0 aliphatic rings. The second-order valence-corrected chi connectivity index (χ2v) is 3.55. The number of benzene rings is 1. The Morgan fingerprint density at radius 2 is 1.67 bits per heavy atom. The average molecular weight is 215 g/mol. The molecule has 2 nitrogen and oxygen atoms in total.